The second-order valence-electron chi connectivity index (χ2n) is 10.6. The van der Waals surface area contributed by atoms with Crippen molar-refractivity contribution in [3.05, 3.63) is 43.7 Å². The van der Waals surface area contributed by atoms with Crippen molar-refractivity contribution in [2.45, 2.75) is 84.7 Å². The molecule has 0 saturated carbocycles. The van der Waals surface area contributed by atoms with E-state index >= 15 is 0 Å². The van der Waals surface area contributed by atoms with Crippen LogP contribution in [0.5, 0.6) is 0 Å². The third kappa shape index (κ3) is 12.9. The number of amides is 4. The number of carbonyl (C=O) groups excluding carboxylic acids is 4. The van der Waals surface area contributed by atoms with Gasteiger partial charge in [-0.3, -0.25) is 19.2 Å². The summed E-state index contributed by atoms with van der Waals surface area (Å²) in [5.41, 5.74) is 2.26. The van der Waals surface area contributed by atoms with Gasteiger partial charge in [0.05, 0.1) is 29.6 Å². The van der Waals surface area contributed by atoms with Crippen LogP contribution in [0.1, 0.15) is 103 Å². The topological polar surface area (TPSA) is 191 Å². The number of halogens is 6. The van der Waals surface area contributed by atoms with Crippen molar-refractivity contribution in [1.82, 2.24) is 10.6 Å². The number of aromatic carboxylic acids is 2. The monoisotopic (exact) mass is 1350 g/mol. The van der Waals surface area contributed by atoms with Crippen LogP contribution >= 0.6 is 136 Å². The van der Waals surface area contributed by atoms with Crippen LogP contribution in [0.25, 0.3) is 0 Å². The van der Waals surface area contributed by atoms with E-state index in [0.717, 1.165) is 19.3 Å². The lowest BCUT2D eigenvalue weighted by atomic mass is 10.1. The molecule has 0 aromatic heterocycles. The Hall–Kier alpha value is -0.360. The Morgan fingerprint density at radius 1 is 0.490 bits per heavy atom. The Balaban J connectivity index is 1.94. The van der Waals surface area contributed by atoms with E-state index in [1.807, 2.05) is 90.4 Å². The molecule has 0 aliphatic carbocycles. The van der Waals surface area contributed by atoms with E-state index in [1.54, 1.807) is 13.8 Å². The van der Waals surface area contributed by atoms with E-state index in [-0.39, 0.29) is 60.7 Å². The minimum atomic E-state index is -1.12. The highest BCUT2D eigenvalue weighted by atomic mass is 127. The molecule has 0 unspecified atom stereocenters. The third-order valence-corrected chi connectivity index (χ3v) is 14.1. The number of nitrogens with one attached hydrogen (secondary N) is 4. The smallest absolute Gasteiger partial charge is 0.337 e. The largest absolute Gasteiger partial charge is 0.478 e. The van der Waals surface area contributed by atoms with E-state index in [9.17, 15) is 39.0 Å². The highest BCUT2D eigenvalue weighted by Gasteiger charge is 2.27. The molecule has 0 saturated heterocycles. The summed E-state index contributed by atoms with van der Waals surface area (Å²) in [6.45, 7) is 3.75. The van der Waals surface area contributed by atoms with Gasteiger partial charge in [0.1, 0.15) is 0 Å². The summed E-state index contributed by atoms with van der Waals surface area (Å²) in [5.74, 6) is -3.05. The molecule has 0 heterocycles. The lowest BCUT2D eigenvalue weighted by Crippen LogP contribution is -2.25. The van der Waals surface area contributed by atoms with Crippen LogP contribution in [0.15, 0.2) is 0 Å². The maximum atomic E-state index is 12.9. The first kappa shape index (κ1) is 44.8. The summed E-state index contributed by atoms with van der Waals surface area (Å²) in [6, 6.07) is 0. The third-order valence-electron chi connectivity index (χ3n) is 7.15. The standard InChI is InChI=1S/C31H34I6N4O8/c1-3-16(42)38-12-14-22(32)20(30(46)47)26(36)28(24(14)34)40-18(44)10-8-6-5-7-9-11-19(45)41-29-25(35)15(13-39-17(43)4-2)23(33)21(27(29)37)31(48)49/h3-13H2,1-2H3,(H,38,42)(H,39,43)(H,40,44)(H,41,45)(H,46,47)(H,48,49). The fourth-order valence-corrected chi connectivity index (χ4v) is 13.0. The van der Waals surface area contributed by atoms with Crippen molar-refractivity contribution in [2.24, 2.45) is 0 Å². The van der Waals surface area contributed by atoms with Gasteiger partial charge in [0.2, 0.25) is 23.6 Å². The minimum absolute atomic E-state index is 0.0800. The number of anilines is 2. The van der Waals surface area contributed by atoms with Crippen LogP contribution in [-0.2, 0) is 32.3 Å². The molecular formula is C31H34I6N4O8. The second kappa shape index (κ2) is 22.0. The van der Waals surface area contributed by atoms with Crippen LogP contribution in [0.4, 0.5) is 11.4 Å². The predicted molar refractivity (Wildman–Crippen MR) is 237 cm³/mol. The summed E-state index contributed by atoms with van der Waals surface area (Å²) in [7, 11) is 0. The maximum Gasteiger partial charge on any atom is 0.337 e. The summed E-state index contributed by atoms with van der Waals surface area (Å²) in [4.78, 5) is 73.5. The second-order valence-corrected chi connectivity index (χ2v) is 17.0. The Labute approximate surface area is 366 Å². The fourth-order valence-electron chi connectivity index (χ4n) is 4.47. The van der Waals surface area contributed by atoms with Gasteiger partial charge in [-0.05, 0) is 148 Å². The Kier molecular flexibility index (Phi) is 20.1. The van der Waals surface area contributed by atoms with Crippen LogP contribution in [0.2, 0.25) is 0 Å². The molecule has 0 radical (unpaired) electrons. The van der Waals surface area contributed by atoms with E-state index in [2.05, 4.69) is 66.4 Å². The SMILES string of the molecule is CCC(=O)NCc1c(I)c(NC(=O)CCCCCCCC(=O)Nc2c(I)c(CNC(=O)CC)c(I)c(C(=O)O)c2I)c(I)c(C(=O)O)c1I. The number of benzene rings is 2. The molecule has 49 heavy (non-hydrogen) atoms. The molecule has 0 aliphatic heterocycles. The molecule has 0 atom stereocenters. The normalized spacial score (nSPS) is 10.8. The Morgan fingerprint density at radius 3 is 1.12 bits per heavy atom. The number of carbonyl (C=O) groups is 6. The molecule has 12 nitrogen and oxygen atoms in total. The molecule has 0 aliphatic rings. The van der Waals surface area contributed by atoms with Crippen molar-refractivity contribution in [3.8, 4) is 0 Å². The van der Waals surface area contributed by atoms with Gasteiger partial charge in [-0.25, -0.2) is 9.59 Å². The molecule has 4 amide bonds. The van der Waals surface area contributed by atoms with Crippen molar-refractivity contribution < 1.29 is 39.0 Å². The molecule has 2 aromatic rings. The molecule has 2 aromatic carbocycles. The average molecular weight is 1350 g/mol. The minimum Gasteiger partial charge on any atom is -0.478 e. The van der Waals surface area contributed by atoms with Gasteiger partial charge in [-0.1, -0.05) is 33.1 Å². The number of carboxylic acids is 2. The zero-order valence-corrected chi connectivity index (χ0v) is 39.3. The average Bonchev–Trinajstić information content (AvgIpc) is 3.03. The van der Waals surface area contributed by atoms with Crippen LogP contribution in [0, 0.1) is 21.4 Å². The van der Waals surface area contributed by atoms with Crippen molar-refractivity contribution in [2.75, 3.05) is 10.6 Å². The van der Waals surface area contributed by atoms with Crippen LogP contribution < -0.4 is 21.3 Å². The van der Waals surface area contributed by atoms with E-state index in [4.69, 9.17) is 0 Å². The van der Waals surface area contributed by atoms with E-state index in [1.165, 1.54) is 0 Å². The summed E-state index contributed by atoms with van der Waals surface area (Å²) in [6.07, 6.45) is 4.59. The summed E-state index contributed by atoms with van der Waals surface area (Å²) < 4.78 is 3.21. The lowest BCUT2D eigenvalue weighted by molar-refractivity contribution is -0.121. The van der Waals surface area contributed by atoms with Gasteiger partial charge < -0.3 is 31.5 Å². The molecule has 18 heteroatoms. The zero-order valence-electron chi connectivity index (χ0n) is 26.4. The highest BCUT2D eigenvalue weighted by molar-refractivity contribution is 14.1. The van der Waals surface area contributed by atoms with Crippen molar-refractivity contribution in [1.29, 1.82) is 0 Å². The molecular weight excluding hydrogens is 1320 g/mol. The van der Waals surface area contributed by atoms with Crippen LogP contribution in [-0.4, -0.2) is 45.8 Å². The summed E-state index contributed by atoms with van der Waals surface area (Å²) >= 11 is 11.9. The van der Waals surface area contributed by atoms with Gasteiger partial charge in [-0.15, -0.1) is 0 Å². The molecule has 2 rings (SSSR count). The van der Waals surface area contributed by atoms with Gasteiger partial charge in [-0.2, -0.15) is 0 Å². The summed E-state index contributed by atoms with van der Waals surface area (Å²) in [5, 5.41) is 31.0. The highest BCUT2D eigenvalue weighted by Crippen LogP contribution is 2.37. The number of hydrogen-bond donors (Lipinski definition) is 6. The van der Waals surface area contributed by atoms with Gasteiger partial charge in [0.25, 0.3) is 0 Å². The van der Waals surface area contributed by atoms with Gasteiger partial charge >= 0.3 is 11.9 Å². The van der Waals surface area contributed by atoms with Gasteiger partial charge in [0, 0.05) is 64.2 Å². The number of rotatable bonds is 18. The maximum absolute atomic E-state index is 12.9. The van der Waals surface area contributed by atoms with E-state index in [0.29, 0.717) is 69.6 Å². The Bertz CT molecular complexity index is 1520. The first-order valence-electron chi connectivity index (χ1n) is 15.0. The number of carboxylic acid groups (broad SMARTS) is 2. The lowest BCUT2D eigenvalue weighted by Gasteiger charge is -2.19. The number of unbranched alkanes of at least 4 members (excludes halogenated alkanes) is 4. The predicted octanol–water partition coefficient (Wildman–Crippen LogP) is 8.07. The first-order chi connectivity index (χ1) is 23.1. The zero-order chi connectivity index (χ0) is 37.0. The molecule has 0 fully saturated rings. The first-order valence-corrected chi connectivity index (χ1v) is 21.5. The Morgan fingerprint density at radius 2 is 0.816 bits per heavy atom. The quantitative estimate of drug-likeness (QED) is 0.0638. The van der Waals surface area contributed by atoms with Gasteiger partial charge in [0.15, 0.2) is 0 Å². The molecule has 0 bridgehead atoms. The van der Waals surface area contributed by atoms with E-state index < -0.39 is 11.9 Å². The molecule has 0 spiro atoms. The van der Waals surface area contributed by atoms with Crippen molar-refractivity contribution in [3.63, 3.8) is 0 Å². The number of hydrogen-bond acceptors (Lipinski definition) is 6. The molecule has 268 valence electrons. The molecule has 6 N–H and O–H groups in total. The van der Waals surface area contributed by atoms with Crippen LogP contribution in [0.3, 0.4) is 0 Å². The van der Waals surface area contributed by atoms with Crippen molar-refractivity contribution >= 4 is 182 Å². The fraction of sp³-hybridized carbons (Fsp3) is 0.419.